The Morgan fingerprint density at radius 2 is 1.90 bits per heavy atom. The van der Waals surface area contributed by atoms with Crippen molar-refractivity contribution in [2.75, 3.05) is 18.5 Å². The smallest absolute Gasteiger partial charge is 0.170 e. The number of nitrogens with two attached hydrogens (primary N) is 1. The molecule has 0 aliphatic rings. The van der Waals surface area contributed by atoms with Crippen molar-refractivity contribution in [2.45, 2.75) is 45.4 Å². The SMILES string of the molecule is CCCCCCCCN(C)c1cccc(C(N)=NO)c1. The number of benzene rings is 1. The Morgan fingerprint density at radius 1 is 1.20 bits per heavy atom. The predicted molar refractivity (Wildman–Crippen MR) is 85.6 cm³/mol. The highest BCUT2D eigenvalue weighted by molar-refractivity contribution is 5.97. The lowest BCUT2D eigenvalue weighted by molar-refractivity contribution is 0.318. The van der Waals surface area contributed by atoms with Crippen LogP contribution in [0.1, 0.15) is 51.0 Å². The number of hydrogen-bond donors (Lipinski definition) is 2. The van der Waals surface area contributed by atoms with Gasteiger partial charge < -0.3 is 15.8 Å². The summed E-state index contributed by atoms with van der Waals surface area (Å²) in [5, 5.41) is 11.8. The van der Waals surface area contributed by atoms with E-state index in [0.29, 0.717) is 0 Å². The second-order valence-corrected chi connectivity index (χ2v) is 5.22. The largest absolute Gasteiger partial charge is 0.409 e. The number of hydrogen-bond acceptors (Lipinski definition) is 3. The van der Waals surface area contributed by atoms with Gasteiger partial charge in [-0.1, -0.05) is 56.3 Å². The van der Waals surface area contributed by atoms with Gasteiger partial charge in [0.15, 0.2) is 5.84 Å². The second-order valence-electron chi connectivity index (χ2n) is 5.22. The van der Waals surface area contributed by atoms with Crippen LogP contribution in [0.2, 0.25) is 0 Å². The molecule has 0 amide bonds. The first-order valence-corrected chi connectivity index (χ1v) is 7.48. The summed E-state index contributed by atoms with van der Waals surface area (Å²) in [5.41, 5.74) is 7.46. The molecule has 0 aliphatic carbocycles. The van der Waals surface area contributed by atoms with Crippen LogP contribution in [0.3, 0.4) is 0 Å². The van der Waals surface area contributed by atoms with Gasteiger partial charge in [-0.05, 0) is 18.6 Å². The fourth-order valence-electron chi connectivity index (χ4n) is 2.22. The molecular formula is C16H27N3O. The first-order valence-electron chi connectivity index (χ1n) is 7.48. The van der Waals surface area contributed by atoms with Crippen molar-refractivity contribution < 1.29 is 5.21 Å². The zero-order chi connectivity index (χ0) is 14.8. The van der Waals surface area contributed by atoms with Crippen molar-refractivity contribution >= 4 is 11.5 Å². The summed E-state index contributed by atoms with van der Waals surface area (Å²) in [5.74, 6) is 0.153. The molecule has 1 aromatic rings. The van der Waals surface area contributed by atoms with E-state index >= 15 is 0 Å². The summed E-state index contributed by atoms with van der Waals surface area (Å²) < 4.78 is 0. The predicted octanol–water partition coefficient (Wildman–Crippen LogP) is 3.58. The van der Waals surface area contributed by atoms with Crippen LogP contribution in [-0.4, -0.2) is 24.6 Å². The Morgan fingerprint density at radius 3 is 2.60 bits per heavy atom. The fraction of sp³-hybridized carbons (Fsp3) is 0.562. The van der Waals surface area contributed by atoms with E-state index in [1.165, 1.54) is 38.5 Å². The molecule has 0 heterocycles. The number of nitrogens with zero attached hydrogens (tertiary/aromatic N) is 2. The molecule has 0 atom stereocenters. The van der Waals surface area contributed by atoms with E-state index in [9.17, 15) is 0 Å². The Bertz CT molecular complexity index is 418. The van der Waals surface area contributed by atoms with Crippen molar-refractivity contribution in [1.29, 1.82) is 0 Å². The molecular weight excluding hydrogens is 250 g/mol. The molecule has 0 unspecified atom stereocenters. The van der Waals surface area contributed by atoms with Crippen LogP contribution in [0, 0.1) is 0 Å². The van der Waals surface area contributed by atoms with Crippen LogP contribution in [0.4, 0.5) is 5.69 Å². The van der Waals surface area contributed by atoms with Gasteiger partial charge >= 0.3 is 0 Å². The van der Waals surface area contributed by atoms with Crippen LogP contribution in [-0.2, 0) is 0 Å². The molecule has 0 aliphatic heterocycles. The average molecular weight is 277 g/mol. The summed E-state index contributed by atoms with van der Waals surface area (Å²) in [7, 11) is 2.08. The molecule has 0 saturated heterocycles. The zero-order valence-corrected chi connectivity index (χ0v) is 12.7. The van der Waals surface area contributed by atoms with Gasteiger partial charge in [0.2, 0.25) is 0 Å². The summed E-state index contributed by atoms with van der Waals surface area (Å²) in [4.78, 5) is 2.22. The van der Waals surface area contributed by atoms with Crippen molar-refractivity contribution in [2.24, 2.45) is 10.9 Å². The van der Waals surface area contributed by atoms with E-state index in [2.05, 4.69) is 24.0 Å². The molecule has 0 fully saturated rings. The van der Waals surface area contributed by atoms with Crippen LogP contribution < -0.4 is 10.6 Å². The Labute approximate surface area is 122 Å². The molecule has 0 radical (unpaired) electrons. The third kappa shape index (κ3) is 5.51. The summed E-state index contributed by atoms with van der Waals surface area (Å²) in [6, 6.07) is 7.77. The van der Waals surface area contributed by atoms with E-state index in [0.717, 1.165) is 17.8 Å². The van der Waals surface area contributed by atoms with E-state index in [4.69, 9.17) is 10.9 Å². The van der Waals surface area contributed by atoms with Gasteiger partial charge in [-0.15, -0.1) is 0 Å². The van der Waals surface area contributed by atoms with Gasteiger partial charge in [-0.3, -0.25) is 0 Å². The van der Waals surface area contributed by atoms with Crippen LogP contribution in [0.5, 0.6) is 0 Å². The summed E-state index contributed by atoms with van der Waals surface area (Å²) in [6.07, 6.45) is 7.79. The maximum absolute atomic E-state index is 8.71. The molecule has 0 spiro atoms. The number of anilines is 1. The van der Waals surface area contributed by atoms with E-state index in [-0.39, 0.29) is 5.84 Å². The molecule has 1 aromatic carbocycles. The van der Waals surface area contributed by atoms with E-state index < -0.39 is 0 Å². The molecule has 0 bridgehead atoms. The van der Waals surface area contributed by atoms with Gasteiger partial charge in [0.05, 0.1) is 0 Å². The lowest BCUT2D eigenvalue weighted by Crippen LogP contribution is -2.20. The summed E-state index contributed by atoms with van der Waals surface area (Å²) in [6.45, 7) is 3.27. The number of unbranched alkanes of at least 4 members (excludes halogenated alkanes) is 5. The quantitative estimate of drug-likeness (QED) is 0.238. The minimum atomic E-state index is 0.153. The van der Waals surface area contributed by atoms with Crippen LogP contribution in [0.25, 0.3) is 0 Å². The third-order valence-corrected chi connectivity index (χ3v) is 3.54. The second kappa shape index (κ2) is 9.23. The fourth-order valence-corrected chi connectivity index (χ4v) is 2.22. The van der Waals surface area contributed by atoms with Gasteiger partial charge in [-0.25, -0.2) is 0 Å². The van der Waals surface area contributed by atoms with Crippen molar-refractivity contribution in [3.05, 3.63) is 29.8 Å². The number of rotatable bonds is 9. The number of oxime groups is 1. The molecule has 4 heteroatoms. The molecule has 4 nitrogen and oxygen atoms in total. The molecule has 20 heavy (non-hydrogen) atoms. The topological polar surface area (TPSA) is 61.8 Å². The standard InChI is InChI=1S/C16H27N3O/c1-3-4-5-6-7-8-12-19(2)15-11-9-10-14(13-15)16(17)18-20/h9-11,13,20H,3-8,12H2,1-2H3,(H2,17,18). The molecule has 112 valence electrons. The maximum Gasteiger partial charge on any atom is 0.170 e. The van der Waals surface area contributed by atoms with Gasteiger partial charge in [-0.2, -0.15) is 0 Å². The monoisotopic (exact) mass is 277 g/mol. The first kappa shape index (κ1) is 16.3. The van der Waals surface area contributed by atoms with E-state index in [1.54, 1.807) is 0 Å². The molecule has 0 saturated carbocycles. The zero-order valence-electron chi connectivity index (χ0n) is 12.7. The van der Waals surface area contributed by atoms with Gasteiger partial charge in [0.25, 0.3) is 0 Å². The number of amidine groups is 1. The lowest BCUT2D eigenvalue weighted by atomic mass is 10.1. The lowest BCUT2D eigenvalue weighted by Gasteiger charge is -2.19. The van der Waals surface area contributed by atoms with Crippen LogP contribution in [0.15, 0.2) is 29.4 Å². The van der Waals surface area contributed by atoms with Crippen LogP contribution >= 0.6 is 0 Å². The Balaban J connectivity index is 2.41. The highest BCUT2D eigenvalue weighted by Crippen LogP contribution is 2.16. The first-order chi connectivity index (χ1) is 9.69. The highest BCUT2D eigenvalue weighted by Gasteiger charge is 2.04. The van der Waals surface area contributed by atoms with Gasteiger partial charge in [0.1, 0.15) is 0 Å². The maximum atomic E-state index is 8.71. The Hall–Kier alpha value is -1.71. The Kier molecular flexibility index (Phi) is 7.55. The van der Waals surface area contributed by atoms with Crippen molar-refractivity contribution in [3.8, 4) is 0 Å². The van der Waals surface area contributed by atoms with Crippen molar-refractivity contribution in [1.82, 2.24) is 0 Å². The molecule has 1 rings (SSSR count). The van der Waals surface area contributed by atoms with E-state index in [1.807, 2.05) is 24.3 Å². The summed E-state index contributed by atoms with van der Waals surface area (Å²) >= 11 is 0. The van der Waals surface area contributed by atoms with Gasteiger partial charge in [0, 0.05) is 24.8 Å². The average Bonchev–Trinajstić information content (AvgIpc) is 2.49. The minimum Gasteiger partial charge on any atom is -0.409 e. The highest BCUT2D eigenvalue weighted by atomic mass is 16.4. The third-order valence-electron chi connectivity index (χ3n) is 3.54. The molecule has 0 aromatic heterocycles. The normalized spacial score (nSPS) is 11.6. The minimum absolute atomic E-state index is 0.153. The van der Waals surface area contributed by atoms with Crippen molar-refractivity contribution in [3.63, 3.8) is 0 Å². The molecule has 3 N–H and O–H groups in total.